The van der Waals surface area contributed by atoms with E-state index in [2.05, 4.69) is 23.1 Å². The Labute approximate surface area is 105 Å². The SMILES string of the molecule is [H]/N=C(/S)N(C)N=Cc1c(Cl)cccc1Cl. The lowest BCUT2D eigenvalue weighted by atomic mass is 10.2. The first-order chi connectivity index (χ1) is 7.56. The van der Waals surface area contributed by atoms with E-state index < -0.39 is 0 Å². The predicted molar refractivity (Wildman–Crippen MR) is 68.5 cm³/mol. The fraction of sp³-hybridized carbons (Fsp3) is 0.111. The summed E-state index contributed by atoms with van der Waals surface area (Å²) in [6.45, 7) is 0. The van der Waals surface area contributed by atoms with Crippen molar-refractivity contribution in [1.82, 2.24) is 5.01 Å². The van der Waals surface area contributed by atoms with Gasteiger partial charge < -0.3 is 0 Å². The van der Waals surface area contributed by atoms with Crippen LogP contribution < -0.4 is 0 Å². The molecule has 1 aromatic carbocycles. The zero-order valence-electron chi connectivity index (χ0n) is 8.85. The second-order valence-corrected chi connectivity index (χ2v) is 3.92. The number of nitrogens with zero attached hydrogens (tertiary/aromatic N) is 2. The second kappa shape index (κ2) is 5.39. The van der Waals surface area contributed by atoms with E-state index in [1.165, 1.54) is 11.2 Å². The van der Waals surface area contributed by atoms with Gasteiger partial charge in [-0.05, 0) is 12.1 Å². The van der Waals surface area contributed by atoms with Gasteiger partial charge in [-0.3, -0.25) is 5.40 Å². The summed E-state index contributed by atoms with van der Waals surface area (Å²) in [5.74, 6) is 0. The highest BCUT2D eigenvalue weighted by molar-refractivity contribution is 7.96. The van der Waals surface area contributed by atoms with Crippen molar-refractivity contribution in [2.24, 2.45) is 5.10 Å². The normalized spacial score (nSPS) is 13.1. The van der Waals surface area contributed by atoms with E-state index >= 15 is 0 Å². The number of rotatable bonds is 2. The lowest BCUT2D eigenvalue weighted by molar-refractivity contribution is 0.556. The summed E-state index contributed by atoms with van der Waals surface area (Å²) in [7, 11) is 1.61. The van der Waals surface area contributed by atoms with Gasteiger partial charge >= 0.3 is 0 Å². The van der Waals surface area contributed by atoms with E-state index in [4.69, 9.17) is 24.6 Å². The number of nitrogens with one attached hydrogen (secondary N) is 1. The van der Waals surface area contributed by atoms with Crippen molar-refractivity contribution in [3.8, 4) is 0 Å². The zero-order chi connectivity index (χ0) is 12.1. The van der Waals surface area contributed by atoms with Crippen molar-refractivity contribution in [1.29, 1.82) is 5.40 Å². The van der Waals surface area contributed by atoms with Gasteiger partial charge in [0.25, 0.3) is 0 Å². The summed E-state index contributed by atoms with van der Waals surface area (Å²) >= 11 is 15.8. The maximum Gasteiger partial charge on any atom is 0.190 e. The minimum Gasteiger partial charge on any atom is -0.277 e. The van der Waals surface area contributed by atoms with Crippen LogP contribution >= 0.6 is 35.8 Å². The van der Waals surface area contributed by atoms with Gasteiger partial charge in [0.1, 0.15) is 0 Å². The fourth-order valence-corrected chi connectivity index (χ4v) is 1.38. The third-order valence-corrected chi connectivity index (χ3v) is 2.60. The maximum atomic E-state index is 6.75. The number of benzene rings is 1. The van der Waals surface area contributed by atoms with Gasteiger partial charge in [0.05, 0.1) is 16.3 Å². The summed E-state index contributed by atoms with van der Waals surface area (Å²) < 4.78 is 6.75. The first kappa shape index (κ1) is 10.8. The monoisotopic (exact) mass is 261 g/mol. The highest BCUT2D eigenvalue weighted by Gasteiger charge is 2.02. The second-order valence-electron chi connectivity index (χ2n) is 2.70. The third-order valence-electron chi connectivity index (χ3n) is 1.65. The Morgan fingerprint density at radius 2 is 2.20 bits per heavy atom. The van der Waals surface area contributed by atoms with Crippen LogP contribution in [0.1, 0.15) is 5.56 Å². The summed E-state index contributed by atoms with van der Waals surface area (Å²) in [4.78, 5) is 0. The average Bonchev–Trinajstić information content (AvgIpc) is 2.27. The topological polar surface area (TPSA) is 39.5 Å². The first-order valence-corrected chi connectivity index (χ1v) is 5.19. The molecule has 0 aliphatic heterocycles. The van der Waals surface area contributed by atoms with Gasteiger partial charge in [0, 0.05) is 12.6 Å². The Bertz CT molecular complexity index is 417. The molecule has 1 N–H and O–H groups in total. The van der Waals surface area contributed by atoms with Gasteiger partial charge in [-0.2, -0.15) is 5.10 Å². The molecule has 0 unspecified atom stereocenters. The number of hydrazone groups is 1. The van der Waals surface area contributed by atoms with E-state index in [1.54, 1.807) is 25.2 Å². The molecule has 0 radical (unpaired) electrons. The number of hydrogen-bond donors (Lipinski definition) is 2. The quantitative estimate of drug-likeness (QED) is 0.365. The molecule has 0 saturated heterocycles. The van der Waals surface area contributed by atoms with E-state index in [-0.39, 0.29) is 5.17 Å². The molecule has 0 aliphatic carbocycles. The van der Waals surface area contributed by atoms with Crippen LogP contribution in [0.3, 0.4) is 0 Å². The van der Waals surface area contributed by atoms with Gasteiger partial charge in [0.2, 0.25) is 0 Å². The van der Waals surface area contributed by atoms with E-state index in [9.17, 15) is 0 Å². The lowest BCUT2D eigenvalue weighted by Gasteiger charge is -2.08. The fourth-order valence-electron chi connectivity index (χ4n) is 0.830. The molecule has 15 heavy (non-hydrogen) atoms. The summed E-state index contributed by atoms with van der Waals surface area (Å²) in [6.07, 6.45) is 1.49. The number of halogens is 2. The van der Waals surface area contributed by atoms with Crippen molar-refractivity contribution in [2.75, 3.05) is 7.05 Å². The molecular weight excluding hydrogens is 253 g/mol. The van der Waals surface area contributed by atoms with E-state index in [0.717, 1.165) is 0 Å². The minimum absolute atomic E-state index is 0.166. The largest absolute Gasteiger partial charge is 0.277 e. The molecule has 0 heterocycles. The Balaban J connectivity index is 2.92. The van der Waals surface area contributed by atoms with Gasteiger partial charge in [-0.1, -0.05) is 29.3 Å². The summed E-state index contributed by atoms with van der Waals surface area (Å²) in [5, 5.41) is 9.63. The number of hydrogen-bond acceptors (Lipinski definition) is 2. The lowest BCUT2D eigenvalue weighted by Crippen LogP contribution is -2.14. The van der Waals surface area contributed by atoms with E-state index in [0.29, 0.717) is 15.6 Å². The Morgan fingerprint density at radius 3 is 2.73 bits per heavy atom. The molecule has 0 bridgehead atoms. The molecule has 0 amide bonds. The van der Waals surface area contributed by atoms with Crippen molar-refractivity contribution in [3.05, 3.63) is 33.8 Å². The van der Waals surface area contributed by atoms with Gasteiger partial charge in [-0.25, -0.2) is 5.01 Å². The van der Waals surface area contributed by atoms with E-state index in [1.807, 2.05) is 0 Å². The smallest absolute Gasteiger partial charge is 0.190 e. The van der Waals surface area contributed by atoms with Crippen LogP contribution in [0.4, 0.5) is 0 Å². The van der Waals surface area contributed by atoms with Crippen molar-refractivity contribution in [2.45, 2.75) is 0 Å². The molecule has 1 rings (SSSR count). The first-order valence-electron chi connectivity index (χ1n) is 4.43. The minimum atomic E-state index is 0.166. The molecule has 80 valence electrons. The Kier molecular flexibility index (Phi) is 3.88. The summed E-state index contributed by atoms with van der Waals surface area (Å²) in [5.41, 5.74) is 0.615. The molecule has 0 spiro atoms. The highest BCUT2D eigenvalue weighted by Crippen LogP contribution is 2.22. The van der Waals surface area contributed by atoms with Gasteiger partial charge in [0.15, 0.2) is 6.58 Å². The number of thiol groups is 1. The number of amidine groups is 1. The molecule has 0 atom stereocenters. The average molecular weight is 262 g/mol. The molecular formula is C9H9Cl2N3S. The predicted octanol–water partition coefficient (Wildman–Crippen LogP) is 3.12. The molecule has 0 saturated carbocycles. The van der Waals surface area contributed by atoms with Crippen LogP contribution in [0.25, 0.3) is 0 Å². The maximum absolute atomic E-state index is 6.75. The molecule has 6 heteroatoms. The van der Waals surface area contributed by atoms with Crippen molar-refractivity contribution in [3.63, 3.8) is 0 Å². The molecule has 0 fully saturated rings. The Morgan fingerprint density at radius 1 is 1.60 bits per heavy atom. The molecule has 3 nitrogen and oxygen atoms in total. The Hall–Kier alpha value is -0.710. The van der Waals surface area contributed by atoms with Crippen molar-refractivity contribution >= 4 is 47.2 Å². The summed E-state index contributed by atoms with van der Waals surface area (Å²) in [6, 6.07) is 5.19. The standard InChI is InChI=1S/C9H9Cl2N3S/c1-14(9(12)15)13-5-6-7(10)3-2-4-8(6)11/h2-5H,1H3,(H2,12,15). The van der Waals surface area contributed by atoms with Crippen LogP contribution in [0.15, 0.2) is 23.3 Å². The third kappa shape index (κ3) is 3.41. The molecule has 1 aromatic rings. The van der Waals surface area contributed by atoms with Crippen LogP contribution in [0.2, 0.25) is 11.5 Å². The van der Waals surface area contributed by atoms with Crippen LogP contribution in [0, 0.1) is 5.40 Å². The van der Waals surface area contributed by atoms with Gasteiger partial charge in [-0.15, -0.1) is 12.6 Å². The highest BCUT2D eigenvalue weighted by atomic mass is 35.5. The molecule has 0 aliphatic rings. The van der Waals surface area contributed by atoms with Crippen molar-refractivity contribution < 1.29 is 1.41 Å². The van der Waals surface area contributed by atoms with Crippen LogP contribution in [-0.4, -0.2) is 23.4 Å². The van der Waals surface area contributed by atoms with Crippen LogP contribution in [-0.2, 0) is 0 Å². The van der Waals surface area contributed by atoms with Crippen LogP contribution in [0.5, 0.6) is 0 Å². The molecule has 0 aromatic heterocycles. The zero-order valence-corrected chi connectivity index (χ0v) is 10.3.